The van der Waals surface area contributed by atoms with Crippen LogP contribution in [0, 0.1) is 0 Å². The van der Waals surface area contributed by atoms with Gasteiger partial charge in [-0.25, -0.2) is 4.79 Å². The topological polar surface area (TPSA) is 96.9 Å². The summed E-state index contributed by atoms with van der Waals surface area (Å²) in [6, 6.07) is 0. The largest absolute Gasteiger partial charge is 0.453 e. The van der Waals surface area contributed by atoms with E-state index in [0.29, 0.717) is 0 Å². The van der Waals surface area contributed by atoms with E-state index in [0.717, 1.165) is 0 Å². The second-order valence-electron chi connectivity index (χ2n) is 1.44. The van der Waals surface area contributed by atoms with Crippen molar-refractivity contribution < 1.29 is 14.7 Å². The molecule has 0 saturated carbocycles. The Hall–Kier alpha value is -1.46. The van der Waals surface area contributed by atoms with Gasteiger partial charge in [-0.2, -0.15) is 0 Å². The molecule has 6 heteroatoms. The highest BCUT2D eigenvalue weighted by molar-refractivity contribution is 5.84. The van der Waals surface area contributed by atoms with Crippen LogP contribution in [-0.2, 0) is 4.74 Å². The van der Waals surface area contributed by atoms with E-state index in [4.69, 9.17) is 10.9 Å². The van der Waals surface area contributed by atoms with E-state index in [2.05, 4.69) is 15.2 Å². The number of nitrogens with zero attached hydrogens (tertiary/aromatic N) is 1. The third-order valence-electron chi connectivity index (χ3n) is 0.728. The van der Waals surface area contributed by atoms with Crippen molar-refractivity contribution in [2.45, 2.75) is 0 Å². The van der Waals surface area contributed by atoms with Crippen LogP contribution in [0.4, 0.5) is 4.79 Å². The average Bonchev–Trinajstić information content (AvgIpc) is 1.99. The number of alkyl carbamates (subject to hydrolysis) is 1. The number of rotatable bonds is 2. The minimum Gasteiger partial charge on any atom is -0.453 e. The fourth-order valence-corrected chi connectivity index (χ4v) is 0.270. The van der Waals surface area contributed by atoms with Crippen molar-refractivity contribution in [2.75, 3.05) is 13.7 Å². The van der Waals surface area contributed by atoms with Gasteiger partial charge in [-0.15, -0.1) is 0 Å². The molecule has 0 saturated heterocycles. The van der Waals surface area contributed by atoms with Crippen LogP contribution in [0.15, 0.2) is 5.16 Å². The molecule has 0 unspecified atom stereocenters. The van der Waals surface area contributed by atoms with Crippen LogP contribution in [-0.4, -0.2) is 30.8 Å². The average molecular weight is 147 g/mol. The summed E-state index contributed by atoms with van der Waals surface area (Å²) in [5.74, 6) is -0.0783. The van der Waals surface area contributed by atoms with Crippen LogP contribution in [0.3, 0.4) is 0 Å². The molecule has 0 atom stereocenters. The van der Waals surface area contributed by atoms with Crippen LogP contribution >= 0.6 is 0 Å². The summed E-state index contributed by atoms with van der Waals surface area (Å²) in [4.78, 5) is 10.3. The van der Waals surface area contributed by atoms with Gasteiger partial charge < -0.3 is 21.0 Å². The van der Waals surface area contributed by atoms with Crippen LogP contribution in [0.2, 0.25) is 0 Å². The first kappa shape index (κ1) is 8.54. The predicted octanol–water partition coefficient (Wildman–Crippen LogP) is -0.911. The Bertz CT molecular complexity index is 145. The number of oxime groups is 1. The monoisotopic (exact) mass is 147 g/mol. The van der Waals surface area contributed by atoms with Crippen LogP contribution in [0.25, 0.3) is 0 Å². The lowest BCUT2D eigenvalue weighted by molar-refractivity contribution is 0.172. The lowest BCUT2D eigenvalue weighted by atomic mass is 10.6. The van der Waals surface area contributed by atoms with Crippen molar-refractivity contribution in [3.63, 3.8) is 0 Å². The summed E-state index contributed by atoms with van der Waals surface area (Å²) in [5.41, 5.74) is 5.01. The van der Waals surface area contributed by atoms with Gasteiger partial charge in [0.05, 0.1) is 13.7 Å². The third-order valence-corrected chi connectivity index (χ3v) is 0.728. The molecule has 0 bridgehead atoms. The van der Waals surface area contributed by atoms with E-state index in [9.17, 15) is 4.79 Å². The Morgan fingerprint density at radius 3 is 2.90 bits per heavy atom. The van der Waals surface area contributed by atoms with Gasteiger partial charge in [0.25, 0.3) is 0 Å². The van der Waals surface area contributed by atoms with Crippen molar-refractivity contribution in [3.8, 4) is 0 Å². The molecule has 1 amide bonds. The third kappa shape index (κ3) is 3.53. The highest BCUT2D eigenvalue weighted by Gasteiger charge is 1.97. The molecular formula is C4H9N3O3. The first-order valence-electron chi connectivity index (χ1n) is 2.49. The van der Waals surface area contributed by atoms with Gasteiger partial charge in [-0.05, 0) is 0 Å². The zero-order chi connectivity index (χ0) is 7.98. The van der Waals surface area contributed by atoms with Gasteiger partial charge in [-0.3, -0.25) is 0 Å². The molecule has 0 heterocycles. The second kappa shape index (κ2) is 4.42. The molecule has 0 aliphatic carbocycles. The number of carbonyl (C=O) groups excluding carboxylic acids is 1. The Kier molecular flexibility index (Phi) is 3.78. The van der Waals surface area contributed by atoms with E-state index >= 15 is 0 Å². The molecule has 0 aromatic heterocycles. The first-order chi connectivity index (χ1) is 4.70. The number of amides is 1. The Morgan fingerprint density at radius 1 is 1.90 bits per heavy atom. The molecule has 0 aromatic rings. The molecule has 10 heavy (non-hydrogen) atoms. The number of methoxy groups -OCH3 is 1. The summed E-state index contributed by atoms with van der Waals surface area (Å²) >= 11 is 0. The van der Waals surface area contributed by atoms with Crippen molar-refractivity contribution in [1.82, 2.24) is 5.32 Å². The number of hydrogen-bond donors (Lipinski definition) is 3. The lowest BCUT2D eigenvalue weighted by Crippen LogP contribution is -2.33. The fraction of sp³-hybridized carbons (Fsp3) is 0.500. The molecule has 6 nitrogen and oxygen atoms in total. The first-order valence-corrected chi connectivity index (χ1v) is 2.49. The molecule has 0 fully saturated rings. The van der Waals surface area contributed by atoms with Crippen molar-refractivity contribution >= 4 is 11.9 Å². The molecule has 0 radical (unpaired) electrons. The SMILES string of the molecule is COC(=O)NC/C(N)=N/O. The Labute approximate surface area is 57.6 Å². The van der Waals surface area contributed by atoms with Crippen molar-refractivity contribution in [2.24, 2.45) is 10.9 Å². The summed E-state index contributed by atoms with van der Waals surface area (Å²) in [7, 11) is 1.22. The summed E-state index contributed by atoms with van der Waals surface area (Å²) < 4.78 is 4.20. The van der Waals surface area contributed by atoms with Crippen LogP contribution in [0.1, 0.15) is 0 Å². The molecule has 0 aliphatic rings. The Morgan fingerprint density at radius 2 is 2.50 bits per heavy atom. The predicted molar refractivity (Wildman–Crippen MR) is 33.8 cm³/mol. The van der Waals surface area contributed by atoms with Crippen molar-refractivity contribution in [3.05, 3.63) is 0 Å². The summed E-state index contributed by atoms with van der Waals surface area (Å²) in [6.45, 7) is -0.0246. The van der Waals surface area contributed by atoms with Gasteiger partial charge in [0.1, 0.15) is 0 Å². The van der Waals surface area contributed by atoms with Gasteiger partial charge in [0, 0.05) is 0 Å². The fourth-order valence-electron chi connectivity index (χ4n) is 0.270. The molecule has 0 aromatic carbocycles. The highest BCUT2D eigenvalue weighted by atomic mass is 16.5. The standard InChI is InChI=1S/C4H9N3O3/c1-10-4(8)6-2-3(5)7-9/h9H,2H2,1H3,(H2,5,7)(H,6,8). The summed E-state index contributed by atoms with van der Waals surface area (Å²) in [6.07, 6.45) is -0.619. The van der Waals surface area contributed by atoms with Gasteiger partial charge >= 0.3 is 6.09 Å². The number of ether oxygens (including phenoxy) is 1. The molecule has 0 spiro atoms. The molecule has 0 aliphatic heterocycles. The van der Waals surface area contributed by atoms with Gasteiger partial charge in [0.2, 0.25) is 0 Å². The van der Waals surface area contributed by atoms with E-state index in [1.165, 1.54) is 7.11 Å². The number of amidine groups is 1. The molecule has 4 N–H and O–H groups in total. The quantitative estimate of drug-likeness (QED) is 0.204. The van der Waals surface area contributed by atoms with Gasteiger partial charge in [-0.1, -0.05) is 5.16 Å². The number of nitrogens with one attached hydrogen (secondary N) is 1. The van der Waals surface area contributed by atoms with E-state index in [1.54, 1.807) is 0 Å². The second-order valence-corrected chi connectivity index (χ2v) is 1.44. The molecular weight excluding hydrogens is 138 g/mol. The highest BCUT2D eigenvalue weighted by Crippen LogP contribution is 1.69. The molecule has 58 valence electrons. The smallest absolute Gasteiger partial charge is 0.407 e. The van der Waals surface area contributed by atoms with E-state index < -0.39 is 6.09 Å². The lowest BCUT2D eigenvalue weighted by Gasteiger charge is -1.99. The maximum Gasteiger partial charge on any atom is 0.407 e. The minimum absolute atomic E-state index is 0.0246. The minimum atomic E-state index is -0.619. The zero-order valence-electron chi connectivity index (χ0n) is 5.50. The zero-order valence-corrected chi connectivity index (χ0v) is 5.50. The normalized spacial score (nSPS) is 10.7. The summed E-state index contributed by atoms with van der Waals surface area (Å²) in [5, 5.41) is 12.8. The Balaban J connectivity index is 3.45. The van der Waals surface area contributed by atoms with E-state index in [1.807, 2.05) is 0 Å². The van der Waals surface area contributed by atoms with Crippen LogP contribution < -0.4 is 11.1 Å². The number of carbonyl (C=O) groups is 1. The van der Waals surface area contributed by atoms with E-state index in [-0.39, 0.29) is 12.4 Å². The number of nitrogens with two attached hydrogens (primary N) is 1. The number of hydrogen-bond acceptors (Lipinski definition) is 4. The maximum absolute atomic E-state index is 10.3. The van der Waals surface area contributed by atoms with Crippen LogP contribution in [0.5, 0.6) is 0 Å². The maximum atomic E-state index is 10.3. The van der Waals surface area contributed by atoms with Gasteiger partial charge in [0.15, 0.2) is 5.84 Å². The molecule has 0 rings (SSSR count). The van der Waals surface area contributed by atoms with Crippen molar-refractivity contribution in [1.29, 1.82) is 0 Å².